The fraction of sp³-hybridized carbons (Fsp3) is 0.567. The third-order valence-electron chi connectivity index (χ3n) is 9.18. The number of likely N-dealkylation sites (tertiary alicyclic amines) is 1. The fourth-order valence-corrected chi connectivity index (χ4v) is 6.90. The molecule has 3 heterocycles. The first-order chi connectivity index (χ1) is 19.8. The number of ketones is 1. The molecule has 41 heavy (non-hydrogen) atoms. The summed E-state index contributed by atoms with van der Waals surface area (Å²) in [7, 11) is 1.57. The minimum atomic E-state index is -1.15. The standard InChI is InChI=1S/C30H37N5O6/c1-41-24-9-3-8-21-20(24)14-23(33-21)30(40)35-15-17-5-2-7-19(17)25(35)28(38)34-22(13-16-6-4-12-31-27(16)37)26(36)29(39)32-18-10-11-18/h3,8-9,14,16-19,22,25,33H,2,4-7,10-13,15H2,1H3,(H,31,37)(H,32,39)(H,34,38). The van der Waals surface area contributed by atoms with E-state index in [1.165, 1.54) is 0 Å². The van der Waals surface area contributed by atoms with E-state index >= 15 is 0 Å². The van der Waals surface area contributed by atoms with Crippen molar-refractivity contribution in [1.29, 1.82) is 0 Å². The van der Waals surface area contributed by atoms with E-state index in [2.05, 4.69) is 20.9 Å². The number of carbonyl (C=O) groups excluding carboxylic acids is 5. The van der Waals surface area contributed by atoms with Gasteiger partial charge in [0.05, 0.1) is 13.2 Å². The number of carbonyl (C=O) groups is 5. The third-order valence-corrected chi connectivity index (χ3v) is 9.18. The molecule has 1 aromatic heterocycles. The number of aromatic amines is 1. The minimum Gasteiger partial charge on any atom is -0.496 e. The minimum absolute atomic E-state index is 0.0158. The van der Waals surface area contributed by atoms with Crippen LogP contribution in [0.1, 0.15) is 61.9 Å². The van der Waals surface area contributed by atoms with Gasteiger partial charge in [-0.2, -0.15) is 0 Å². The maximum atomic E-state index is 14.0. The van der Waals surface area contributed by atoms with Gasteiger partial charge in [0.15, 0.2) is 0 Å². The molecule has 5 atom stereocenters. The second kappa shape index (κ2) is 11.2. The lowest BCUT2D eigenvalue weighted by molar-refractivity contribution is -0.141. The highest BCUT2D eigenvalue weighted by Crippen LogP contribution is 2.43. The van der Waals surface area contributed by atoms with Gasteiger partial charge < -0.3 is 30.6 Å². The quantitative estimate of drug-likeness (QED) is 0.341. The number of rotatable bonds is 9. The molecule has 2 saturated heterocycles. The predicted molar refractivity (Wildman–Crippen MR) is 149 cm³/mol. The van der Waals surface area contributed by atoms with Crippen LogP contribution in [0.15, 0.2) is 24.3 Å². The molecule has 0 spiro atoms. The first kappa shape index (κ1) is 27.3. The molecule has 218 valence electrons. The number of aromatic nitrogens is 1. The molecule has 6 rings (SSSR count). The zero-order valence-electron chi connectivity index (χ0n) is 23.2. The lowest BCUT2D eigenvalue weighted by Crippen LogP contribution is -2.56. The SMILES string of the molecule is COc1cccc2[nH]c(C(=O)N3CC4CCCC4C3C(=O)NC(CC3CCCNC3=O)C(=O)C(=O)NC3CC3)cc12. The second-order valence-corrected chi connectivity index (χ2v) is 11.9. The highest BCUT2D eigenvalue weighted by Gasteiger charge is 2.50. The summed E-state index contributed by atoms with van der Waals surface area (Å²) >= 11 is 0. The smallest absolute Gasteiger partial charge is 0.289 e. The predicted octanol–water partition coefficient (Wildman–Crippen LogP) is 1.67. The molecule has 11 nitrogen and oxygen atoms in total. The third kappa shape index (κ3) is 5.41. The molecule has 2 aromatic rings. The summed E-state index contributed by atoms with van der Waals surface area (Å²) in [6.45, 7) is 1.02. The fourth-order valence-electron chi connectivity index (χ4n) is 6.90. The van der Waals surface area contributed by atoms with Gasteiger partial charge in [-0.15, -0.1) is 0 Å². The summed E-state index contributed by atoms with van der Waals surface area (Å²) in [5.41, 5.74) is 1.11. The number of nitrogens with one attached hydrogen (secondary N) is 4. The van der Waals surface area contributed by atoms with E-state index in [1.54, 1.807) is 18.1 Å². The number of amides is 4. The van der Waals surface area contributed by atoms with Crippen molar-refractivity contribution in [2.24, 2.45) is 17.8 Å². The van der Waals surface area contributed by atoms with E-state index in [1.807, 2.05) is 18.2 Å². The molecule has 4 amide bonds. The zero-order chi connectivity index (χ0) is 28.7. The van der Waals surface area contributed by atoms with Gasteiger partial charge in [-0.3, -0.25) is 24.0 Å². The zero-order valence-corrected chi connectivity index (χ0v) is 23.2. The van der Waals surface area contributed by atoms with Gasteiger partial charge >= 0.3 is 0 Å². The molecule has 2 aliphatic carbocycles. The number of hydrogen-bond donors (Lipinski definition) is 4. The van der Waals surface area contributed by atoms with Crippen LogP contribution in [0.3, 0.4) is 0 Å². The molecular formula is C30H37N5O6. The van der Waals surface area contributed by atoms with Crippen molar-refractivity contribution >= 4 is 40.3 Å². The van der Waals surface area contributed by atoms with Gasteiger partial charge in [-0.05, 0) is 75.0 Å². The van der Waals surface area contributed by atoms with Gasteiger partial charge in [0.1, 0.15) is 17.5 Å². The number of nitrogens with zero attached hydrogens (tertiary/aromatic N) is 1. The average Bonchev–Trinajstić information content (AvgIpc) is 3.34. The number of hydrogen-bond acceptors (Lipinski definition) is 6. The van der Waals surface area contributed by atoms with Gasteiger partial charge in [-0.25, -0.2) is 0 Å². The molecule has 0 bridgehead atoms. The number of piperidine rings is 1. The molecule has 4 N–H and O–H groups in total. The maximum absolute atomic E-state index is 14.0. The molecule has 2 saturated carbocycles. The summed E-state index contributed by atoms with van der Waals surface area (Å²) < 4.78 is 5.45. The van der Waals surface area contributed by atoms with Crippen LogP contribution in [0.25, 0.3) is 10.9 Å². The number of methoxy groups -OCH3 is 1. The second-order valence-electron chi connectivity index (χ2n) is 11.9. The molecular weight excluding hydrogens is 526 g/mol. The van der Waals surface area contributed by atoms with E-state index in [-0.39, 0.29) is 36.1 Å². The van der Waals surface area contributed by atoms with Crippen LogP contribution in [0.2, 0.25) is 0 Å². The summed E-state index contributed by atoms with van der Waals surface area (Å²) in [5, 5.41) is 9.15. The van der Waals surface area contributed by atoms with Crippen LogP contribution in [0.4, 0.5) is 0 Å². The van der Waals surface area contributed by atoms with Gasteiger partial charge in [0.25, 0.3) is 11.8 Å². The summed E-state index contributed by atoms with van der Waals surface area (Å²) in [6.07, 6.45) is 5.74. The Morgan fingerprint density at radius 2 is 1.93 bits per heavy atom. The molecule has 0 radical (unpaired) electrons. The highest BCUT2D eigenvalue weighted by atomic mass is 16.5. The van der Waals surface area contributed by atoms with Crippen LogP contribution < -0.4 is 20.7 Å². The maximum Gasteiger partial charge on any atom is 0.289 e. The van der Waals surface area contributed by atoms with Crippen molar-refractivity contribution < 1.29 is 28.7 Å². The summed E-state index contributed by atoms with van der Waals surface area (Å²) in [5.74, 6) is -2.08. The van der Waals surface area contributed by atoms with Gasteiger partial charge in [0, 0.05) is 36.0 Å². The average molecular weight is 564 g/mol. The molecule has 1 aromatic carbocycles. The first-order valence-electron chi connectivity index (χ1n) is 14.7. The van der Waals surface area contributed by atoms with Crippen LogP contribution in [-0.4, -0.2) is 77.6 Å². The molecule has 2 aliphatic heterocycles. The van der Waals surface area contributed by atoms with Crippen LogP contribution in [-0.2, 0) is 19.2 Å². The van der Waals surface area contributed by atoms with E-state index in [4.69, 9.17) is 4.74 Å². The Morgan fingerprint density at radius 1 is 1.10 bits per heavy atom. The Balaban J connectivity index is 1.25. The van der Waals surface area contributed by atoms with Crippen LogP contribution in [0, 0.1) is 17.8 Å². The van der Waals surface area contributed by atoms with Gasteiger partial charge in [0.2, 0.25) is 17.6 Å². The monoisotopic (exact) mass is 563 g/mol. The van der Waals surface area contributed by atoms with Crippen molar-refractivity contribution in [3.8, 4) is 5.75 Å². The van der Waals surface area contributed by atoms with Crippen LogP contribution >= 0.6 is 0 Å². The Labute approximate surface area is 238 Å². The Kier molecular flexibility index (Phi) is 7.44. The molecule has 5 unspecified atom stereocenters. The van der Waals surface area contributed by atoms with E-state index in [0.717, 1.165) is 49.4 Å². The summed E-state index contributed by atoms with van der Waals surface area (Å²) in [4.78, 5) is 71.2. The van der Waals surface area contributed by atoms with E-state index in [9.17, 15) is 24.0 Å². The van der Waals surface area contributed by atoms with Crippen LogP contribution in [0.5, 0.6) is 5.75 Å². The van der Waals surface area contributed by atoms with Crippen molar-refractivity contribution in [1.82, 2.24) is 25.8 Å². The lowest BCUT2D eigenvalue weighted by atomic mass is 9.89. The number of ether oxygens (including phenoxy) is 1. The molecule has 11 heteroatoms. The topological polar surface area (TPSA) is 150 Å². The number of benzene rings is 1. The van der Waals surface area contributed by atoms with Crippen molar-refractivity contribution in [2.75, 3.05) is 20.2 Å². The Bertz CT molecular complexity index is 1380. The molecule has 4 aliphatic rings. The van der Waals surface area contributed by atoms with Crippen molar-refractivity contribution in [3.63, 3.8) is 0 Å². The lowest BCUT2D eigenvalue weighted by Gasteiger charge is -2.30. The largest absolute Gasteiger partial charge is 0.496 e. The van der Waals surface area contributed by atoms with E-state index in [0.29, 0.717) is 31.0 Å². The highest BCUT2D eigenvalue weighted by molar-refractivity contribution is 6.38. The first-order valence-corrected chi connectivity index (χ1v) is 14.7. The van der Waals surface area contributed by atoms with Crippen molar-refractivity contribution in [3.05, 3.63) is 30.0 Å². The normalized spacial score (nSPS) is 26.3. The van der Waals surface area contributed by atoms with E-state index < -0.39 is 35.6 Å². The summed E-state index contributed by atoms with van der Waals surface area (Å²) in [6, 6.07) is 5.33. The Hall–Kier alpha value is -3.89. The molecule has 4 fully saturated rings. The number of Topliss-reactive ketones (excluding diaryl/α,β-unsaturated/α-hetero) is 1. The number of fused-ring (bicyclic) bond motifs is 2. The Morgan fingerprint density at radius 3 is 2.68 bits per heavy atom. The van der Waals surface area contributed by atoms with Gasteiger partial charge in [-0.1, -0.05) is 12.5 Å². The van der Waals surface area contributed by atoms with Crippen molar-refractivity contribution in [2.45, 2.75) is 69.5 Å². The number of H-pyrrole nitrogens is 1.